The quantitative estimate of drug-likeness (QED) is 0.729. The van der Waals surface area contributed by atoms with E-state index in [1.807, 2.05) is 0 Å². The maximum absolute atomic E-state index is 11.9. The lowest BCUT2D eigenvalue weighted by Gasteiger charge is -2.14. The Morgan fingerprint density at radius 1 is 1.06 bits per heavy atom. The van der Waals surface area contributed by atoms with Gasteiger partial charge in [-0.15, -0.1) is 0 Å². The van der Waals surface area contributed by atoms with Gasteiger partial charge in [-0.3, -0.25) is 14.5 Å². The van der Waals surface area contributed by atoms with Crippen molar-refractivity contribution in [2.75, 3.05) is 6.54 Å². The zero-order valence-electron chi connectivity index (χ0n) is 9.56. The Bertz CT molecular complexity index is 402. The van der Waals surface area contributed by atoms with E-state index < -0.39 is 0 Å². The fraction of sp³-hybridized carbons (Fsp3) is 0.385. The molecule has 1 aromatic carbocycles. The first kappa shape index (κ1) is 10.9. The van der Waals surface area contributed by atoms with E-state index in [4.69, 9.17) is 0 Å². The van der Waals surface area contributed by atoms with Gasteiger partial charge in [-0.2, -0.15) is 0 Å². The maximum atomic E-state index is 11.9. The van der Waals surface area contributed by atoms with Crippen LogP contribution in [0.15, 0.2) is 24.3 Å². The Kier molecular flexibility index (Phi) is 2.77. The van der Waals surface area contributed by atoms with E-state index in [-0.39, 0.29) is 11.8 Å². The Hall–Kier alpha value is -1.64. The van der Waals surface area contributed by atoms with Gasteiger partial charge in [0.05, 0.1) is 11.1 Å². The van der Waals surface area contributed by atoms with Gasteiger partial charge < -0.3 is 0 Å². The van der Waals surface area contributed by atoms with E-state index in [1.54, 1.807) is 24.3 Å². The van der Waals surface area contributed by atoms with E-state index in [2.05, 4.69) is 13.8 Å². The lowest BCUT2D eigenvalue weighted by molar-refractivity contribution is 0.0648. The molecule has 1 aliphatic rings. The van der Waals surface area contributed by atoms with Crippen molar-refractivity contribution in [3.05, 3.63) is 35.4 Å². The molecule has 84 valence electrons. The Labute approximate surface area is 95.1 Å². The highest BCUT2D eigenvalue weighted by Crippen LogP contribution is 2.22. The summed E-state index contributed by atoms with van der Waals surface area (Å²) in [5.41, 5.74) is 1.08. The van der Waals surface area contributed by atoms with Crippen LogP contribution in [0.3, 0.4) is 0 Å². The van der Waals surface area contributed by atoms with Gasteiger partial charge in [0.1, 0.15) is 0 Å². The predicted octanol–water partition coefficient (Wildman–Crippen LogP) is 2.33. The van der Waals surface area contributed by atoms with Gasteiger partial charge in [-0.1, -0.05) is 26.0 Å². The topological polar surface area (TPSA) is 37.4 Å². The third-order valence-electron chi connectivity index (χ3n) is 2.81. The Morgan fingerprint density at radius 3 is 2.00 bits per heavy atom. The summed E-state index contributed by atoms with van der Waals surface area (Å²) in [4.78, 5) is 25.2. The van der Waals surface area contributed by atoms with Crippen molar-refractivity contribution in [1.29, 1.82) is 0 Å². The molecule has 1 aliphatic heterocycles. The summed E-state index contributed by atoms with van der Waals surface area (Å²) in [6.07, 6.45) is 0.853. The van der Waals surface area contributed by atoms with E-state index in [0.29, 0.717) is 23.6 Å². The summed E-state index contributed by atoms with van der Waals surface area (Å²) in [6.45, 7) is 4.68. The van der Waals surface area contributed by atoms with Crippen LogP contribution in [-0.2, 0) is 0 Å². The van der Waals surface area contributed by atoms with Crippen molar-refractivity contribution in [2.24, 2.45) is 5.92 Å². The number of carbonyl (C=O) groups is 2. The molecule has 0 spiro atoms. The molecule has 3 heteroatoms. The number of carbonyl (C=O) groups excluding carboxylic acids is 2. The van der Waals surface area contributed by atoms with Gasteiger partial charge in [0.2, 0.25) is 0 Å². The number of amides is 2. The molecule has 0 unspecified atom stereocenters. The van der Waals surface area contributed by atoms with Crippen LogP contribution in [-0.4, -0.2) is 23.3 Å². The first-order valence-electron chi connectivity index (χ1n) is 5.56. The monoisotopic (exact) mass is 217 g/mol. The average Bonchev–Trinajstić information content (AvgIpc) is 2.50. The van der Waals surface area contributed by atoms with E-state index in [9.17, 15) is 9.59 Å². The Balaban J connectivity index is 2.22. The lowest BCUT2D eigenvalue weighted by Crippen LogP contribution is -2.31. The predicted molar refractivity (Wildman–Crippen MR) is 61.3 cm³/mol. The summed E-state index contributed by atoms with van der Waals surface area (Å²) in [5, 5.41) is 0. The van der Waals surface area contributed by atoms with Crippen LogP contribution in [0.25, 0.3) is 0 Å². The van der Waals surface area contributed by atoms with Crippen molar-refractivity contribution in [3.8, 4) is 0 Å². The zero-order chi connectivity index (χ0) is 11.7. The van der Waals surface area contributed by atoms with E-state index >= 15 is 0 Å². The largest absolute Gasteiger partial charge is 0.274 e. The Morgan fingerprint density at radius 2 is 1.56 bits per heavy atom. The van der Waals surface area contributed by atoms with Crippen LogP contribution in [0.4, 0.5) is 0 Å². The standard InChI is InChI=1S/C13H15NO2/c1-9(2)7-8-14-12(15)10-5-3-4-6-11(10)13(14)16/h3-6,9H,7-8H2,1-2H3. The van der Waals surface area contributed by atoms with Crippen molar-refractivity contribution in [1.82, 2.24) is 4.90 Å². The van der Waals surface area contributed by atoms with Gasteiger partial charge in [0.25, 0.3) is 11.8 Å². The number of hydrogen-bond donors (Lipinski definition) is 0. The first-order valence-corrected chi connectivity index (χ1v) is 5.56. The second-order valence-electron chi connectivity index (χ2n) is 4.49. The van der Waals surface area contributed by atoms with Crippen LogP contribution in [0.5, 0.6) is 0 Å². The van der Waals surface area contributed by atoms with Crippen molar-refractivity contribution in [2.45, 2.75) is 20.3 Å². The van der Waals surface area contributed by atoms with Crippen molar-refractivity contribution >= 4 is 11.8 Å². The van der Waals surface area contributed by atoms with E-state index in [0.717, 1.165) is 6.42 Å². The highest BCUT2D eigenvalue weighted by molar-refractivity contribution is 6.21. The average molecular weight is 217 g/mol. The molecule has 2 rings (SSSR count). The number of imide groups is 1. The van der Waals surface area contributed by atoms with Gasteiger partial charge in [0.15, 0.2) is 0 Å². The van der Waals surface area contributed by atoms with Crippen LogP contribution < -0.4 is 0 Å². The highest BCUT2D eigenvalue weighted by Gasteiger charge is 2.34. The SMILES string of the molecule is CC(C)CCN1C(=O)c2ccccc2C1=O. The molecule has 0 radical (unpaired) electrons. The highest BCUT2D eigenvalue weighted by atomic mass is 16.2. The normalized spacial score (nSPS) is 14.8. The van der Waals surface area contributed by atoms with Crippen LogP contribution in [0.1, 0.15) is 41.0 Å². The fourth-order valence-electron chi connectivity index (χ4n) is 1.83. The van der Waals surface area contributed by atoms with Gasteiger partial charge >= 0.3 is 0 Å². The molecule has 0 fully saturated rings. The molecule has 0 bridgehead atoms. The molecule has 0 saturated heterocycles. The van der Waals surface area contributed by atoms with E-state index in [1.165, 1.54) is 4.90 Å². The van der Waals surface area contributed by atoms with Gasteiger partial charge in [-0.05, 0) is 24.5 Å². The number of benzene rings is 1. The maximum Gasteiger partial charge on any atom is 0.261 e. The van der Waals surface area contributed by atoms with Crippen molar-refractivity contribution < 1.29 is 9.59 Å². The molecule has 16 heavy (non-hydrogen) atoms. The number of hydrogen-bond acceptors (Lipinski definition) is 2. The number of fused-ring (bicyclic) bond motifs is 1. The molecule has 0 saturated carbocycles. The third-order valence-corrected chi connectivity index (χ3v) is 2.81. The zero-order valence-corrected chi connectivity index (χ0v) is 9.56. The minimum Gasteiger partial charge on any atom is -0.274 e. The molecule has 0 aliphatic carbocycles. The second-order valence-corrected chi connectivity index (χ2v) is 4.49. The number of rotatable bonds is 3. The summed E-state index contributed by atoms with van der Waals surface area (Å²) in [7, 11) is 0. The summed E-state index contributed by atoms with van der Waals surface area (Å²) < 4.78 is 0. The molecule has 2 amide bonds. The molecular formula is C13H15NO2. The summed E-state index contributed by atoms with van der Waals surface area (Å²) in [6, 6.07) is 7.00. The van der Waals surface area contributed by atoms with Crippen LogP contribution in [0, 0.1) is 5.92 Å². The molecule has 1 aromatic rings. The molecule has 0 N–H and O–H groups in total. The van der Waals surface area contributed by atoms with Crippen LogP contribution >= 0.6 is 0 Å². The minimum atomic E-state index is -0.152. The summed E-state index contributed by atoms with van der Waals surface area (Å²) in [5.74, 6) is 0.187. The van der Waals surface area contributed by atoms with Gasteiger partial charge in [0, 0.05) is 6.54 Å². The fourth-order valence-corrected chi connectivity index (χ4v) is 1.83. The lowest BCUT2D eigenvalue weighted by atomic mass is 10.1. The van der Waals surface area contributed by atoms with Gasteiger partial charge in [-0.25, -0.2) is 0 Å². The smallest absolute Gasteiger partial charge is 0.261 e. The molecule has 0 atom stereocenters. The second kappa shape index (κ2) is 4.08. The third kappa shape index (κ3) is 1.73. The van der Waals surface area contributed by atoms with Crippen molar-refractivity contribution in [3.63, 3.8) is 0 Å². The molecule has 1 heterocycles. The molecule has 3 nitrogen and oxygen atoms in total. The molecule has 0 aromatic heterocycles. The van der Waals surface area contributed by atoms with Crippen LogP contribution in [0.2, 0.25) is 0 Å². The summed E-state index contributed by atoms with van der Waals surface area (Å²) >= 11 is 0. The first-order chi connectivity index (χ1) is 7.61. The minimum absolute atomic E-state index is 0.152. The molecular weight excluding hydrogens is 202 g/mol. The number of nitrogens with zero attached hydrogens (tertiary/aromatic N) is 1.